The second-order valence-electron chi connectivity index (χ2n) is 5.58. The molecule has 0 aliphatic carbocycles. The van der Waals surface area contributed by atoms with Gasteiger partial charge in [0.25, 0.3) is 0 Å². The highest BCUT2D eigenvalue weighted by molar-refractivity contribution is 6.31. The first kappa shape index (κ1) is 16.6. The number of hydrogen-bond donors (Lipinski definition) is 2. The van der Waals surface area contributed by atoms with Crippen LogP contribution >= 0.6 is 11.6 Å². The first-order valence-corrected chi connectivity index (χ1v) is 6.58. The Morgan fingerprint density at radius 2 is 2.05 bits per heavy atom. The lowest BCUT2D eigenvalue weighted by Gasteiger charge is -2.26. The minimum Gasteiger partial charge on any atom is -0.508 e. The highest BCUT2D eigenvalue weighted by atomic mass is 35.5. The monoisotopic (exact) mass is 301 g/mol. The number of aliphatic hydroxyl groups is 1. The van der Waals surface area contributed by atoms with E-state index in [-0.39, 0.29) is 12.3 Å². The van der Waals surface area contributed by atoms with Crippen LogP contribution in [0.1, 0.15) is 32.4 Å². The smallest absolute Gasteiger partial charge is 0.410 e. The Morgan fingerprint density at radius 1 is 1.45 bits per heavy atom. The number of carbonyl (C=O) groups is 1. The topological polar surface area (TPSA) is 70.0 Å². The van der Waals surface area contributed by atoms with E-state index in [4.69, 9.17) is 16.3 Å². The van der Waals surface area contributed by atoms with Crippen molar-refractivity contribution in [3.05, 3.63) is 28.8 Å². The number of amides is 1. The minimum absolute atomic E-state index is 0.00312. The van der Waals surface area contributed by atoms with Gasteiger partial charge in [-0.3, -0.25) is 0 Å². The fraction of sp³-hybridized carbons (Fsp3) is 0.500. The third-order valence-corrected chi connectivity index (χ3v) is 2.83. The minimum atomic E-state index is -1.01. The largest absolute Gasteiger partial charge is 0.508 e. The van der Waals surface area contributed by atoms with Crippen molar-refractivity contribution >= 4 is 17.7 Å². The summed E-state index contributed by atoms with van der Waals surface area (Å²) in [4.78, 5) is 13.0. The van der Waals surface area contributed by atoms with Gasteiger partial charge in [0.1, 0.15) is 11.4 Å². The molecule has 0 aromatic heterocycles. The van der Waals surface area contributed by atoms with Gasteiger partial charge in [0.05, 0.1) is 12.6 Å². The molecule has 1 amide bonds. The molecule has 6 heteroatoms. The van der Waals surface area contributed by atoms with E-state index in [0.29, 0.717) is 10.6 Å². The molecule has 0 aliphatic heterocycles. The van der Waals surface area contributed by atoms with E-state index < -0.39 is 17.8 Å². The Bertz CT molecular complexity index is 485. The van der Waals surface area contributed by atoms with Crippen molar-refractivity contribution in [2.24, 2.45) is 0 Å². The molecule has 0 aliphatic rings. The van der Waals surface area contributed by atoms with E-state index in [1.165, 1.54) is 30.1 Å². The van der Waals surface area contributed by atoms with Crippen LogP contribution in [0.25, 0.3) is 0 Å². The molecule has 2 N–H and O–H groups in total. The number of likely N-dealkylation sites (N-methyl/N-ethyl adjacent to an activating group) is 1. The lowest BCUT2D eigenvalue weighted by atomic mass is 10.1. The number of hydrogen-bond acceptors (Lipinski definition) is 4. The Morgan fingerprint density at radius 3 is 2.60 bits per heavy atom. The molecule has 1 atom stereocenters. The highest BCUT2D eigenvalue weighted by Crippen LogP contribution is 2.27. The molecule has 0 heterocycles. The number of ether oxygens (including phenoxy) is 1. The fourth-order valence-corrected chi connectivity index (χ4v) is 1.80. The summed E-state index contributed by atoms with van der Waals surface area (Å²) in [6.07, 6.45) is -1.54. The van der Waals surface area contributed by atoms with E-state index in [9.17, 15) is 15.0 Å². The van der Waals surface area contributed by atoms with Crippen LogP contribution in [0.2, 0.25) is 5.02 Å². The average molecular weight is 302 g/mol. The van der Waals surface area contributed by atoms with Crippen molar-refractivity contribution in [1.82, 2.24) is 4.90 Å². The molecule has 1 rings (SSSR count). The number of rotatable bonds is 3. The molecule has 5 nitrogen and oxygen atoms in total. The van der Waals surface area contributed by atoms with Gasteiger partial charge in [-0.2, -0.15) is 0 Å². The summed E-state index contributed by atoms with van der Waals surface area (Å²) in [5.41, 5.74) is -0.235. The van der Waals surface area contributed by atoms with E-state index in [1.54, 1.807) is 20.8 Å². The molecule has 1 aromatic rings. The molecule has 20 heavy (non-hydrogen) atoms. The maximum absolute atomic E-state index is 11.8. The van der Waals surface area contributed by atoms with Crippen LogP contribution in [0.4, 0.5) is 4.79 Å². The third kappa shape index (κ3) is 4.90. The van der Waals surface area contributed by atoms with Crippen LogP contribution in [-0.2, 0) is 4.74 Å². The van der Waals surface area contributed by atoms with Gasteiger partial charge in [-0.05, 0) is 39.0 Å². The molecular weight excluding hydrogens is 282 g/mol. The van der Waals surface area contributed by atoms with Crippen molar-refractivity contribution in [1.29, 1.82) is 0 Å². The summed E-state index contributed by atoms with van der Waals surface area (Å²) in [5.74, 6) is 0.00312. The first-order valence-electron chi connectivity index (χ1n) is 6.21. The summed E-state index contributed by atoms with van der Waals surface area (Å²) in [5, 5.41) is 19.8. The van der Waals surface area contributed by atoms with Gasteiger partial charge < -0.3 is 19.8 Å². The summed E-state index contributed by atoms with van der Waals surface area (Å²) in [6.45, 7) is 5.31. The van der Waals surface area contributed by atoms with Gasteiger partial charge in [0.15, 0.2) is 0 Å². The third-order valence-electron chi connectivity index (χ3n) is 2.49. The van der Waals surface area contributed by atoms with Crippen LogP contribution in [0.15, 0.2) is 18.2 Å². The number of phenols is 1. The molecule has 0 saturated carbocycles. The summed E-state index contributed by atoms with van der Waals surface area (Å²) < 4.78 is 5.18. The number of carbonyl (C=O) groups excluding carboxylic acids is 1. The Kier molecular flexibility index (Phi) is 5.25. The van der Waals surface area contributed by atoms with Crippen LogP contribution in [-0.4, -0.2) is 40.4 Å². The maximum Gasteiger partial charge on any atom is 0.410 e. The highest BCUT2D eigenvalue weighted by Gasteiger charge is 2.22. The zero-order valence-corrected chi connectivity index (χ0v) is 12.8. The predicted octanol–water partition coefficient (Wildman–Crippen LogP) is 2.95. The molecule has 1 aromatic carbocycles. The molecule has 112 valence electrons. The standard InChI is InChI=1S/C14H20ClNO4/c1-14(2,3)20-13(19)16(4)8-12(18)10-7-9(17)5-6-11(10)15/h5-7,12,17-18H,8H2,1-4H3. The number of phenolic OH excluding ortho intramolecular Hbond substituents is 1. The summed E-state index contributed by atoms with van der Waals surface area (Å²) in [7, 11) is 1.52. The molecule has 0 bridgehead atoms. The summed E-state index contributed by atoms with van der Waals surface area (Å²) >= 11 is 5.95. The van der Waals surface area contributed by atoms with Crippen LogP contribution in [0.3, 0.4) is 0 Å². The van der Waals surface area contributed by atoms with Crippen molar-refractivity contribution < 1.29 is 19.7 Å². The van der Waals surface area contributed by atoms with Gasteiger partial charge in [-0.1, -0.05) is 11.6 Å². The van der Waals surface area contributed by atoms with Crippen LogP contribution in [0.5, 0.6) is 5.75 Å². The number of benzene rings is 1. The number of nitrogens with zero attached hydrogens (tertiary/aromatic N) is 1. The normalized spacial score (nSPS) is 12.9. The summed E-state index contributed by atoms with van der Waals surface area (Å²) in [6, 6.07) is 4.29. The first-order chi connectivity index (χ1) is 9.10. The SMILES string of the molecule is CN(CC(O)c1cc(O)ccc1Cl)C(=O)OC(C)(C)C. The lowest BCUT2D eigenvalue weighted by molar-refractivity contribution is 0.0205. The Hall–Kier alpha value is -1.46. The maximum atomic E-state index is 11.8. The van der Waals surface area contributed by atoms with Crippen LogP contribution < -0.4 is 0 Å². The van der Waals surface area contributed by atoms with E-state index in [0.717, 1.165) is 0 Å². The molecular formula is C14H20ClNO4. The second-order valence-corrected chi connectivity index (χ2v) is 5.99. The van der Waals surface area contributed by atoms with Crippen molar-refractivity contribution in [3.8, 4) is 5.75 Å². The van der Waals surface area contributed by atoms with E-state index in [1.807, 2.05) is 0 Å². The molecule has 0 radical (unpaired) electrons. The zero-order chi connectivity index (χ0) is 15.5. The van der Waals surface area contributed by atoms with Crippen molar-refractivity contribution in [3.63, 3.8) is 0 Å². The van der Waals surface area contributed by atoms with E-state index >= 15 is 0 Å². The van der Waals surface area contributed by atoms with Crippen LogP contribution in [0, 0.1) is 0 Å². The number of aromatic hydroxyl groups is 1. The Balaban J connectivity index is 2.72. The second kappa shape index (κ2) is 6.33. The van der Waals surface area contributed by atoms with Gasteiger partial charge in [0.2, 0.25) is 0 Å². The molecule has 1 unspecified atom stereocenters. The number of halogens is 1. The number of aliphatic hydroxyl groups excluding tert-OH is 1. The quantitative estimate of drug-likeness (QED) is 0.900. The van der Waals surface area contributed by atoms with E-state index in [2.05, 4.69) is 0 Å². The fourth-order valence-electron chi connectivity index (χ4n) is 1.56. The van der Waals surface area contributed by atoms with Gasteiger partial charge in [0, 0.05) is 17.6 Å². The van der Waals surface area contributed by atoms with Crippen molar-refractivity contribution in [2.75, 3.05) is 13.6 Å². The average Bonchev–Trinajstić information content (AvgIpc) is 2.29. The molecule has 0 spiro atoms. The van der Waals surface area contributed by atoms with Gasteiger partial charge in [-0.15, -0.1) is 0 Å². The molecule has 0 saturated heterocycles. The Labute approximate surface area is 123 Å². The zero-order valence-electron chi connectivity index (χ0n) is 12.1. The molecule has 0 fully saturated rings. The lowest BCUT2D eigenvalue weighted by Crippen LogP contribution is -2.36. The van der Waals surface area contributed by atoms with Gasteiger partial charge >= 0.3 is 6.09 Å². The van der Waals surface area contributed by atoms with Gasteiger partial charge in [-0.25, -0.2) is 4.79 Å². The predicted molar refractivity (Wildman–Crippen MR) is 76.9 cm³/mol. The van der Waals surface area contributed by atoms with Crippen molar-refractivity contribution in [2.45, 2.75) is 32.5 Å².